The van der Waals surface area contributed by atoms with Crippen LogP contribution in [-0.4, -0.2) is 46.9 Å². The van der Waals surface area contributed by atoms with Gasteiger partial charge in [0.1, 0.15) is 5.76 Å². The quantitative estimate of drug-likeness (QED) is 0.282. The molecular formula is C26H22N2O4. The van der Waals surface area contributed by atoms with E-state index in [0.29, 0.717) is 5.56 Å². The molecule has 0 aliphatic carbocycles. The van der Waals surface area contributed by atoms with Gasteiger partial charge >= 0.3 is 0 Å². The predicted octanol–water partition coefficient (Wildman–Crippen LogP) is 4.39. The summed E-state index contributed by atoms with van der Waals surface area (Å²) in [6.07, 6.45) is 1.80. The van der Waals surface area contributed by atoms with E-state index in [0.717, 1.165) is 27.2 Å². The molecule has 0 bridgehead atoms. The monoisotopic (exact) mass is 426 g/mol. The Hall–Kier alpha value is -3.90. The maximum atomic E-state index is 13.1. The Labute approximate surface area is 184 Å². The molecule has 1 aliphatic heterocycles. The van der Waals surface area contributed by atoms with E-state index < -0.39 is 17.7 Å². The lowest BCUT2D eigenvalue weighted by Crippen LogP contribution is -2.32. The minimum absolute atomic E-state index is 0.0890. The molecule has 1 saturated heterocycles. The zero-order valence-electron chi connectivity index (χ0n) is 17.5. The van der Waals surface area contributed by atoms with Gasteiger partial charge in [0.15, 0.2) is 0 Å². The minimum atomic E-state index is -0.715. The normalized spacial score (nSPS) is 18.2. The molecule has 1 atom stereocenters. The van der Waals surface area contributed by atoms with Crippen LogP contribution < -0.4 is 0 Å². The molecule has 6 heteroatoms. The third-order valence-electron chi connectivity index (χ3n) is 6.02. The van der Waals surface area contributed by atoms with Gasteiger partial charge in [0.05, 0.1) is 18.2 Å². The number of methoxy groups -OCH3 is 1. The molecule has 0 spiro atoms. The first-order valence-corrected chi connectivity index (χ1v) is 10.4. The number of aromatic amines is 1. The Morgan fingerprint density at radius 2 is 1.78 bits per heavy atom. The molecule has 1 fully saturated rings. The van der Waals surface area contributed by atoms with Gasteiger partial charge in [0.25, 0.3) is 11.7 Å². The summed E-state index contributed by atoms with van der Waals surface area (Å²) in [4.78, 5) is 30.8. The summed E-state index contributed by atoms with van der Waals surface area (Å²) in [6, 6.07) is 20.3. The van der Waals surface area contributed by atoms with Gasteiger partial charge in [-0.05, 0) is 22.9 Å². The number of rotatable bonds is 5. The average Bonchev–Trinajstić information content (AvgIpc) is 3.35. The molecule has 4 aromatic rings. The third-order valence-corrected chi connectivity index (χ3v) is 6.02. The van der Waals surface area contributed by atoms with E-state index in [2.05, 4.69) is 4.98 Å². The van der Waals surface area contributed by atoms with Crippen LogP contribution in [0.2, 0.25) is 0 Å². The van der Waals surface area contributed by atoms with Crippen LogP contribution in [0.25, 0.3) is 27.4 Å². The summed E-state index contributed by atoms with van der Waals surface area (Å²) in [5.41, 5.74) is 2.24. The lowest BCUT2D eigenvalue weighted by molar-refractivity contribution is -0.140. The standard InChI is InChI=1S/C26H22N2O4/c1-32-13-12-28-23(20-15-27-21-9-5-4-8-19(20)21)22(25(30)26(28)31)24(29)18-11-10-16-6-2-3-7-17(16)14-18/h2-11,14-15,23,27,29H,12-13H2,1H3/b24-22+. The number of nitrogens with one attached hydrogen (secondary N) is 1. The van der Waals surface area contributed by atoms with Gasteiger partial charge in [-0.15, -0.1) is 0 Å². The summed E-state index contributed by atoms with van der Waals surface area (Å²) in [5.74, 6) is -1.51. The van der Waals surface area contributed by atoms with Crippen molar-refractivity contribution in [2.75, 3.05) is 20.3 Å². The van der Waals surface area contributed by atoms with Crippen molar-refractivity contribution < 1.29 is 19.4 Å². The van der Waals surface area contributed by atoms with Crippen molar-refractivity contribution in [3.05, 3.63) is 89.6 Å². The van der Waals surface area contributed by atoms with Crippen LogP contribution in [0, 0.1) is 0 Å². The van der Waals surface area contributed by atoms with Crippen LogP contribution in [0.4, 0.5) is 0 Å². The van der Waals surface area contributed by atoms with Crippen molar-refractivity contribution in [1.82, 2.24) is 9.88 Å². The Morgan fingerprint density at radius 3 is 2.59 bits per heavy atom. The van der Waals surface area contributed by atoms with Crippen LogP contribution in [-0.2, 0) is 14.3 Å². The highest BCUT2D eigenvalue weighted by atomic mass is 16.5. The number of aromatic nitrogens is 1. The number of hydrogen-bond acceptors (Lipinski definition) is 4. The Kier molecular flexibility index (Phi) is 4.99. The van der Waals surface area contributed by atoms with Crippen LogP contribution in [0.5, 0.6) is 0 Å². The third kappa shape index (κ3) is 3.16. The van der Waals surface area contributed by atoms with E-state index in [9.17, 15) is 14.7 Å². The van der Waals surface area contributed by atoms with Gasteiger partial charge in [0.2, 0.25) is 0 Å². The van der Waals surface area contributed by atoms with Gasteiger partial charge < -0.3 is 19.7 Å². The second-order valence-electron chi connectivity index (χ2n) is 7.84. The fraction of sp³-hybridized carbons (Fsp3) is 0.154. The Morgan fingerprint density at radius 1 is 1.03 bits per heavy atom. The highest BCUT2D eigenvalue weighted by Gasteiger charge is 2.46. The summed E-state index contributed by atoms with van der Waals surface area (Å²) in [5, 5.41) is 14.1. The number of ether oxygens (including phenoxy) is 1. The number of likely N-dealkylation sites (tertiary alicyclic amines) is 1. The molecule has 1 unspecified atom stereocenters. The van der Waals surface area contributed by atoms with Crippen molar-refractivity contribution in [2.24, 2.45) is 0 Å². The molecule has 6 nitrogen and oxygen atoms in total. The molecule has 1 aromatic heterocycles. The van der Waals surface area contributed by atoms with E-state index in [4.69, 9.17) is 4.74 Å². The number of nitrogens with zero attached hydrogens (tertiary/aromatic N) is 1. The van der Waals surface area contributed by atoms with E-state index in [-0.39, 0.29) is 24.5 Å². The fourth-order valence-corrected chi connectivity index (χ4v) is 4.44. The van der Waals surface area contributed by atoms with E-state index >= 15 is 0 Å². The molecule has 2 N–H and O–H groups in total. The highest BCUT2D eigenvalue weighted by Crippen LogP contribution is 2.42. The topological polar surface area (TPSA) is 82.6 Å². The van der Waals surface area contributed by atoms with Crippen LogP contribution in [0.1, 0.15) is 17.2 Å². The van der Waals surface area contributed by atoms with E-state index in [1.54, 1.807) is 19.4 Å². The number of ketones is 1. The molecular weight excluding hydrogens is 404 g/mol. The van der Waals surface area contributed by atoms with E-state index in [1.165, 1.54) is 4.90 Å². The number of para-hydroxylation sites is 1. The van der Waals surface area contributed by atoms with Gasteiger partial charge in [-0.3, -0.25) is 9.59 Å². The number of carbonyl (C=O) groups is 2. The highest BCUT2D eigenvalue weighted by molar-refractivity contribution is 6.46. The molecule has 160 valence electrons. The second-order valence-corrected chi connectivity index (χ2v) is 7.84. The van der Waals surface area contributed by atoms with Gasteiger partial charge in [-0.1, -0.05) is 54.6 Å². The van der Waals surface area contributed by atoms with Crippen molar-refractivity contribution in [1.29, 1.82) is 0 Å². The van der Waals surface area contributed by atoms with Crippen LogP contribution in [0.3, 0.4) is 0 Å². The summed E-state index contributed by atoms with van der Waals surface area (Å²) < 4.78 is 5.18. The lowest BCUT2D eigenvalue weighted by atomic mass is 9.94. The molecule has 32 heavy (non-hydrogen) atoms. The molecule has 0 saturated carbocycles. The van der Waals surface area contributed by atoms with Gasteiger partial charge in [-0.2, -0.15) is 0 Å². The number of carbonyl (C=O) groups excluding carboxylic acids is 2. The van der Waals surface area contributed by atoms with E-state index in [1.807, 2.05) is 60.7 Å². The first kappa shape index (κ1) is 20.0. The molecule has 5 rings (SSSR count). The number of amides is 1. The van der Waals surface area contributed by atoms with Crippen molar-refractivity contribution >= 4 is 39.1 Å². The number of aliphatic hydroxyl groups excluding tert-OH is 1. The molecule has 1 aliphatic rings. The SMILES string of the molecule is COCCN1C(=O)C(=O)/C(=C(/O)c2ccc3ccccc3c2)C1c1c[nH]c2ccccc12. The number of aliphatic hydroxyl groups is 1. The van der Waals surface area contributed by atoms with Gasteiger partial charge in [-0.25, -0.2) is 0 Å². The smallest absolute Gasteiger partial charge is 0.295 e. The number of Topliss-reactive ketones (excluding diaryl/α,β-unsaturated/α-hetero) is 1. The van der Waals surface area contributed by atoms with Crippen molar-refractivity contribution in [3.63, 3.8) is 0 Å². The molecule has 0 radical (unpaired) electrons. The first-order valence-electron chi connectivity index (χ1n) is 10.4. The number of H-pyrrole nitrogens is 1. The number of fused-ring (bicyclic) bond motifs is 2. The zero-order chi connectivity index (χ0) is 22.2. The van der Waals surface area contributed by atoms with Crippen LogP contribution in [0.15, 0.2) is 78.5 Å². The Balaban J connectivity index is 1.71. The second kappa shape index (κ2) is 7.98. The first-order chi connectivity index (χ1) is 15.6. The lowest BCUT2D eigenvalue weighted by Gasteiger charge is -2.24. The number of benzene rings is 3. The summed E-state index contributed by atoms with van der Waals surface area (Å²) in [7, 11) is 1.55. The predicted molar refractivity (Wildman–Crippen MR) is 123 cm³/mol. The fourth-order valence-electron chi connectivity index (χ4n) is 4.44. The molecule has 2 heterocycles. The van der Waals surface area contributed by atoms with Crippen LogP contribution >= 0.6 is 0 Å². The summed E-state index contributed by atoms with van der Waals surface area (Å²) >= 11 is 0. The zero-order valence-corrected chi connectivity index (χ0v) is 17.5. The minimum Gasteiger partial charge on any atom is -0.507 e. The largest absolute Gasteiger partial charge is 0.507 e. The van der Waals surface area contributed by atoms with Crippen molar-refractivity contribution in [3.8, 4) is 0 Å². The van der Waals surface area contributed by atoms with Crippen molar-refractivity contribution in [2.45, 2.75) is 6.04 Å². The summed E-state index contributed by atoms with van der Waals surface area (Å²) in [6.45, 7) is 0.516. The molecule has 1 amide bonds. The average molecular weight is 426 g/mol. The maximum Gasteiger partial charge on any atom is 0.295 e. The molecule has 3 aromatic carbocycles. The maximum absolute atomic E-state index is 13.1. The Bertz CT molecular complexity index is 1380. The number of hydrogen-bond donors (Lipinski definition) is 2. The van der Waals surface area contributed by atoms with Gasteiger partial charge in [0, 0.05) is 41.9 Å².